The number of piperazine rings is 1. The smallest absolute Gasteiger partial charge is 0.404 e. The molecule has 0 radical (unpaired) electrons. The molecule has 1 aromatic rings. The summed E-state index contributed by atoms with van der Waals surface area (Å²) >= 11 is 0. The molecule has 0 spiro atoms. The topological polar surface area (TPSA) is 121 Å². The quantitative estimate of drug-likeness (QED) is 0.253. The predicted molar refractivity (Wildman–Crippen MR) is 123 cm³/mol. The summed E-state index contributed by atoms with van der Waals surface area (Å²) in [6.45, 7) is 0.00381. The largest absolute Gasteiger partial charge is 0.756 e. The number of alkyl halides is 3. The maximum atomic E-state index is 13.2. The zero-order chi connectivity index (χ0) is 26.7. The highest BCUT2D eigenvalue weighted by molar-refractivity contribution is 7.89. The average Bonchev–Trinajstić information content (AvgIpc) is 2.81. The number of hydroxylamine groups is 2. The van der Waals surface area contributed by atoms with E-state index in [4.69, 9.17) is 0 Å². The Morgan fingerprint density at radius 2 is 1.61 bits per heavy atom. The molecular weight excluding hydrogens is 532 g/mol. The first kappa shape index (κ1) is 28.6. The number of hydrogen-bond donors (Lipinski definition) is 0. The van der Waals surface area contributed by atoms with Gasteiger partial charge in [-0.25, -0.2) is 25.5 Å². The molecule has 16 heteroatoms. The zero-order valence-corrected chi connectivity index (χ0v) is 20.8. The van der Waals surface area contributed by atoms with E-state index in [-0.39, 0.29) is 57.0 Å². The normalized spacial score (nSPS) is 21.8. The molecule has 10 nitrogen and oxygen atoms in total. The molecule has 0 aromatic heterocycles. The van der Waals surface area contributed by atoms with Crippen molar-refractivity contribution in [2.75, 3.05) is 55.7 Å². The molecule has 2 heterocycles. The van der Waals surface area contributed by atoms with Crippen LogP contribution in [-0.4, -0.2) is 99.9 Å². The van der Waals surface area contributed by atoms with Crippen LogP contribution in [0.25, 0.3) is 0 Å². The Balaban J connectivity index is 1.69. The van der Waals surface area contributed by atoms with Crippen LogP contribution in [0.4, 0.5) is 23.2 Å². The van der Waals surface area contributed by atoms with Crippen molar-refractivity contribution in [2.24, 2.45) is 5.92 Å². The number of nitrogens with zero attached hydrogens (tertiary/aromatic N) is 4. The van der Waals surface area contributed by atoms with E-state index in [0.29, 0.717) is 9.99 Å². The van der Waals surface area contributed by atoms with Crippen molar-refractivity contribution in [3.8, 4) is 0 Å². The number of carbonyl (C=O) groups excluding carboxylic acids is 1. The van der Waals surface area contributed by atoms with Crippen LogP contribution in [0.1, 0.15) is 12.8 Å². The molecule has 2 fully saturated rings. The molecule has 0 aliphatic carbocycles. The van der Waals surface area contributed by atoms with Crippen LogP contribution in [0.5, 0.6) is 0 Å². The average molecular weight is 560 g/mol. The van der Waals surface area contributed by atoms with E-state index in [1.807, 2.05) is 4.90 Å². The van der Waals surface area contributed by atoms with E-state index in [9.17, 15) is 44.4 Å². The van der Waals surface area contributed by atoms with E-state index in [1.54, 1.807) is 12.1 Å². The van der Waals surface area contributed by atoms with E-state index in [0.717, 1.165) is 4.31 Å². The Hall–Kier alpha value is -2.01. The summed E-state index contributed by atoms with van der Waals surface area (Å²) < 4.78 is 104. The molecule has 0 N–H and O–H groups in total. The third-order valence-corrected chi connectivity index (χ3v) is 10.1. The number of rotatable bonds is 9. The lowest BCUT2D eigenvalue weighted by Crippen LogP contribution is -2.54. The second-order valence-corrected chi connectivity index (χ2v) is 12.8. The Kier molecular flexibility index (Phi) is 8.86. The summed E-state index contributed by atoms with van der Waals surface area (Å²) in [4.78, 5) is 13.1. The standard InChI is InChI=1S/C20H27F4N4O6S2/c21-17-3-5-18(6-4-17)25-8-10-26(11-9-25)35(31,32)13-19(28(30)15-29)16-2-1-7-27(12-16)36(33,34)14-20(22,23)24/h3-6,15-16,19H,1-2,7-14H2/q-1. The maximum absolute atomic E-state index is 13.2. The summed E-state index contributed by atoms with van der Waals surface area (Å²) in [6, 6.07) is 4.24. The molecule has 204 valence electrons. The van der Waals surface area contributed by atoms with Gasteiger partial charge in [0.15, 0.2) is 12.2 Å². The van der Waals surface area contributed by atoms with Gasteiger partial charge in [-0.15, -0.1) is 0 Å². The molecule has 2 unspecified atom stereocenters. The van der Waals surface area contributed by atoms with Crippen LogP contribution >= 0.6 is 0 Å². The van der Waals surface area contributed by atoms with Crippen molar-refractivity contribution in [1.29, 1.82) is 0 Å². The van der Waals surface area contributed by atoms with Gasteiger partial charge < -0.3 is 15.2 Å². The summed E-state index contributed by atoms with van der Waals surface area (Å²) in [5, 5.41) is 12.2. The minimum atomic E-state index is -4.96. The van der Waals surface area contributed by atoms with Gasteiger partial charge in [-0.2, -0.15) is 17.5 Å². The molecular formula is C20H27F4N4O6S2-. The highest BCUT2D eigenvalue weighted by Crippen LogP contribution is 2.29. The lowest BCUT2D eigenvalue weighted by atomic mass is 9.92. The van der Waals surface area contributed by atoms with Gasteiger partial charge in [0, 0.05) is 51.0 Å². The Labute approximate surface area is 207 Å². The zero-order valence-electron chi connectivity index (χ0n) is 19.2. The van der Waals surface area contributed by atoms with Gasteiger partial charge in [-0.05, 0) is 43.0 Å². The monoisotopic (exact) mass is 559 g/mol. The summed E-state index contributed by atoms with van der Waals surface area (Å²) in [5.41, 5.74) is 0.709. The number of amides is 1. The van der Waals surface area contributed by atoms with Gasteiger partial charge in [0.1, 0.15) is 5.82 Å². The molecule has 0 bridgehead atoms. The van der Waals surface area contributed by atoms with Gasteiger partial charge in [0.25, 0.3) is 0 Å². The molecule has 36 heavy (non-hydrogen) atoms. The van der Waals surface area contributed by atoms with Gasteiger partial charge in [0.05, 0.1) is 5.75 Å². The Morgan fingerprint density at radius 1 is 1.00 bits per heavy atom. The van der Waals surface area contributed by atoms with Crippen LogP contribution in [-0.2, 0) is 24.8 Å². The first-order valence-electron chi connectivity index (χ1n) is 11.2. The summed E-state index contributed by atoms with van der Waals surface area (Å²) in [6.07, 6.45) is -4.79. The number of hydrogen-bond acceptors (Lipinski definition) is 7. The minimum absolute atomic E-state index is 0.0587. The Bertz CT molecular complexity index is 1110. The van der Waals surface area contributed by atoms with Gasteiger partial charge in [0.2, 0.25) is 20.0 Å². The van der Waals surface area contributed by atoms with Gasteiger partial charge >= 0.3 is 6.18 Å². The van der Waals surface area contributed by atoms with Crippen molar-refractivity contribution in [3.05, 3.63) is 35.3 Å². The number of anilines is 1. The lowest BCUT2D eigenvalue weighted by Gasteiger charge is -2.43. The minimum Gasteiger partial charge on any atom is -0.756 e. The van der Waals surface area contributed by atoms with Crippen molar-refractivity contribution in [2.45, 2.75) is 25.1 Å². The van der Waals surface area contributed by atoms with Crippen molar-refractivity contribution in [1.82, 2.24) is 13.7 Å². The number of halogens is 4. The number of carbonyl (C=O) groups is 1. The highest BCUT2D eigenvalue weighted by atomic mass is 32.2. The van der Waals surface area contributed by atoms with Crippen molar-refractivity contribution >= 4 is 32.1 Å². The van der Waals surface area contributed by atoms with E-state index >= 15 is 0 Å². The molecule has 2 aliphatic heterocycles. The molecule has 2 atom stereocenters. The molecule has 0 saturated carbocycles. The first-order chi connectivity index (χ1) is 16.7. The van der Waals surface area contributed by atoms with Crippen LogP contribution in [0.15, 0.2) is 24.3 Å². The fourth-order valence-corrected chi connectivity index (χ4v) is 7.74. The second-order valence-electron chi connectivity index (χ2n) is 8.81. The van der Waals surface area contributed by atoms with E-state index in [1.165, 1.54) is 12.1 Å². The third-order valence-electron chi connectivity index (χ3n) is 6.34. The van der Waals surface area contributed by atoms with Crippen LogP contribution in [0.3, 0.4) is 0 Å². The maximum Gasteiger partial charge on any atom is 0.404 e. The van der Waals surface area contributed by atoms with Crippen LogP contribution < -0.4 is 4.90 Å². The van der Waals surface area contributed by atoms with Gasteiger partial charge in [-0.1, -0.05) is 0 Å². The lowest BCUT2D eigenvalue weighted by molar-refractivity contribution is -0.118. The first-order valence-corrected chi connectivity index (χ1v) is 14.4. The fraction of sp³-hybridized carbons (Fsp3) is 0.650. The number of piperidine rings is 1. The fourth-order valence-electron chi connectivity index (χ4n) is 4.53. The van der Waals surface area contributed by atoms with Gasteiger partial charge in [-0.3, -0.25) is 4.79 Å². The molecule has 2 saturated heterocycles. The molecule has 2 aliphatic rings. The molecule has 3 rings (SSSR count). The highest BCUT2D eigenvalue weighted by Gasteiger charge is 2.42. The SMILES string of the molecule is O=CN([O-])C(CS(=O)(=O)N1CCN(c2ccc(F)cc2)CC1)C1CCCN(S(=O)(=O)CC(F)(F)F)C1. The van der Waals surface area contributed by atoms with Crippen LogP contribution in [0, 0.1) is 16.9 Å². The van der Waals surface area contributed by atoms with E-state index in [2.05, 4.69) is 0 Å². The van der Waals surface area contributed by atoms with Crippen molar-refractivity contribution in [3.63, 3.8) is 0 Å². The Morgan fingerprint density at radius 3 is 2.17 bits per heavy atom. The van der Waals surface area contributed by atoms with Crippen LogP contribution in [0.2, 0.25) is 0 Å². The second kappa shape index (κ2) is 11.2. The third kappa shape index (κ3) is 7.27. The summed E-state index contributed by atoms with van der Waals surface area (Å²) in [5.74, 6) is -4.22. The molecule has 1 aromatic carbocycles. The molecule has 1 amide bonds. The number of sulfonamides is 2. The van der Waals surface area contributed by atoms with E-state index < -0.39 is 62.1 Å². The summed E-state index contributed by atoms with van der Waals surface area (Å²) in [7, 11) is -8.81. The van der Waals surface area contributed by atoms with Crippen molar-refractivity contribution < 1.29 is 39.2 Å². The number of benzene rings is 1. The predicted octanol–water partition coefficient (Wildman–Crippen LogP) is 1.21.